The highest BCUT2D eigenvalue weighted by atomic mass is 19.4. The van der Waals surface area contributed by atoms with Crippen LogP contribution in [0.2, 0.25) is 0 Å². The molecule has 0 aliphatic carbocycles. The zero-order chi connectivity index (χ0) is 22.6. The lowest BCUT2D eigenvalue weighted by atomic mass is 10.1. The number of hydrogen-bond donors (Lipinski definition) is 0. The van der Waals surface area contributed by atoms with Gasteiger partial charge >= 0.3 is 6.18 Å². The highest BCUT2D eigenvalue weighted by molar-refractivity contribution is 6.47. The van der Waals surface area contributed by atoms with Gasteiger partial charge in [-0.1, -0.05) is 48.5 Å². The third-order valence-corrected chi connectivity index (χ3v) is 5.18. The average molecular weight is 425 g/mol. The second kappa shape index (κ2) is 9.16. The Morgan fingerprint density at radius 2 is 1.48 bits per heavy atom. The van der Waals surface area contributed by atoms with E-state index in [4.69, 9.17) is 0 Å². The van der Waals surface area contributed by atoms with Crippen molar-refractivity contribution in [3.8, 4) is 0 Å². The number of hydrogen-bond acceptors (Lipinski definition) is 2. The van der Waals surface area contributed by atoms with E-state index in [1.165, 1.54) is 17.0 Å². The number of halogens is 3. The van der Waals surface area contributed by atoms with Crippen LogP contribution in [0.3, 0.4) is 0 Å². The minimum absolute atomic E-state index is 0.158. The van der Waals surface area contributed by atoms with E-state index in [9.17, 15) is 22.8 Å². The highest BCUT2D eigenvalue weighted by Gasteiger charge is 2.30. The fourth-order valence-electron chi connectivity index (χ4n) is 3.18. The molecule has 0 fully saturated rings. The zero-order valence-corrected chi connectivity index (χ0v) is 17.2. The molecule has 31 heavy (non-hydrogen) atoms. The molecule has 0 unspecified atom stereocenters. The number of alkyl halides is 3. The van der Waals surface area contributed by atoms with E-state index in [0.29, 0.717) is 17.7 Å². The zero-order valence-electron chi connectivity index (χ0n) is 17.2. The minimum Gasteiger partial charge on any atom is -0.305 e. The molecule has 0 N–H and O–H groups in total. The molecule has 0 aliphatic rings. The van der Waals surface area contributed by atoms with E-state index in [-0.39, 0.29) is 12.1 Å². The van der Waals surface area contributed by atoms with Gasteiger partial charge in [0, 0.05) is 17.8 Å². The maximum atomic E-state index is 13.1. The fraction of sp³-hybridized carbons (Fsp3) is 0.200. The fourth-order valence-corrected chi connectivity index (χ4v) is 3.18. The number of carbonyl (C=O) groups is 2. The van der Waals surface area contributed by atoms with Crippen molar-refractivity contribution >= 4 is 17.4 Å². The molecule has 0 aromatic heterocycles. The maximum absolute atomic E-state index is 13.1. The van der Waals surface area contributed by atoms with Crippen LogP contribution in [0.25, 0.3) is 0 Å². The number of nitrogens with zero attached hydrogens (tertiary/aromatic N) is 1. The highest BCUT2D eigenvalue weighted by Crippen LogP contribution is 2.29. The first-order chi connectivity index (χ1) is 14.7. The molecular formula is C25H22F3NO2. The molecule has 3 aromatic rings. The molecule has 0 saturated heterocycles. The smallest absolute Gasteiger partial charge is 0.305 e. The lowest BCUT2D eigenvalue weighted by Crippen LogP contribution is -2.38. The Labute approximate surface area is 179 Å². The molecule has 0 bridgehead atoms. The van der Waals surface area contributed by atoms with Gasteiger partial charge in [0.05, 0.1) is 5.56 Å². The molecule has 160 valence electrons. The first-order valence-electron chi connectivity index (χ1n) is 9.81. The summed E-state index contributed by atoms with van der Waals surface area (Å²) in [6.45, 7) is 4.02. The second-order valence-electron chi connectivity index (χ2n) is 7.37. The maximum Gasteiger partial charge on any atom is 0.416 e. The van der Waals surface area contributed by atoms with E-state index in [2.05, 4.69) is 0 Å². The van der Waals surface area contributed by atoms with Gasteiger partial charge in [0.1, 0.15) is 0 Å². The third kappa shape index (κ3) is 5.40. The Bertz CT molecular complexity index is 1070. The van der Waals surface area contributed by atoms with E-state index in [0.717, 1.165) is 23.3 Å². The number of Topliss-reactive ketones (excluding diaryl/α,β-unsaturated/α-hetero) is 1. The molecular weight excluding hydrogens is 403 g/mol. The van der Waals surface area contributed by atoms with Crippen molar-refractivity contribution in [2.75, 3.05) is 11.4 Å². The van der Waals surface area contributed by atoms with E-state index < -0.39 is 23.4 Å². The van der Waals surface area contributed by atoms with Crippen LogP contribution in [-0.2, 0) is 17.4 Å². The molecule has 3 nitrogen and oxygen atoms in total. The van der Waals surface area contributed by atoms with Crippen LogP contribution in [0, 0.1) is 13.8 Å². The van der Waals surface area contributed by atoms with Crippen molar-refractivity contribution in [1.82, 2.24) is 0 Å². The predicted octanol–water partition coefficient (Wildman–Crippen LogP) is 5.78. The minimum atomic E-state index is -4.40. The van der Waals surface area contributed by atoms with Crippen molar-refractivity contribution < 1.29 is 22.8 Å². The third-order valence-electron chi connectivity index (χ3n) is 5.18. The summed E-state index contributed by atoms with van der Waals surface area (Å²) in [6, 6.07) is 18.6. The summed E-state index contributed by atoms with van der Waals surface area (Å²) in [6.07, 6.45) is -4.10. The lowest BCUT2D eigenvalue weighted by Gasteiger charge is -2.23. The molecule has 0 saturated carbocycles. The van der Waals surface area contributed by atoms with E-state index in [1.807, 2.05) is 26.0 Å². The Hall–Kier alpha value is -3.41. The number of rotatable bonds is 6. The van der Waals surface area contributed by atoms with Crippen molar-refractivity contribution in [1.29, 1.82) is 0 Å². The van der Waals surface area contributed by atoms with Crippen molar-refractivity contribution in [2.45, 2.75) is 26.4 Å². The van der Waals surface area contributed by atoms with Gasteiger partial charge in [0.25, 0.3) is 11.7 Å². The quantitative estimate of drug-likeness (QED) is 0.371. The Morgan fingerprint density at radius 3 is 2.06 bits per heavy atom. The first-order valence-corrected chi connectivity index (χ1v) is 9.81. The molecule has 0 spiro atoms. The first kappa shape index (κ1) is 22.3. The van der Waals surface area contributed by atoms with Crippen LogP contribution >= 0.6 is 0 Å². The van der Waals surface area contributed by atoms with Crippen LogP contribution in [0.15, 0.2) is 72.8 Å². The molecule has 0 radical (unpaired) electrons. The van der Waals surface area contributed by atoms with Crippen LogP contribution in [-0.4, -0.2) is 18.2 Å². The molecule has 0 atom stereocenters. The Balaban J connectivity index is 1.86. The standard InChI is InChI=1S/C25H22F3NO2/c1-17-8-13-22(16-18(17)2)29(24(31)23(30)20-6-4-3-5-7-20)15-14-19-9-11-21(12-10-19)25(26,27)28/h3-13,16H,14-15H2,1-2H3. The van der Waals surface area contributed by atoms with Crippen LogP contribution in [0.4, 0.5) is 18.9 Å². The van der Waals surface area contributed by atoms with Gasteiger partial charge in [0.15, 0.2) is 0 Å². The van der Waals surface area contributed by atoms with Gasteiger partial charge in [0.2, 0.25) is 0 Å². The molecule has 0 heterocycles. The average Bonchev–Trinajstić information content (AvgIpc) is 2.76. The largest absolute Gasteiger partial charge is 0.416 e. The van der Waals surface area contributed by atoms with Crippen molar-refractivity contribution in [3.05, 3.63) is 101 Å². The number of aryl methyl sites for hydroxylation is 2. The summed E-state index contributed by atoms with van der Waals surface area (Å²) >= 11 is 0. The van der Waals surface area contributed by atoms with Crippen molar-refractivity contribution in [2.24, 2.45) is 0 Å². The van der Waals surface area contributed by atoms with Crippen LogP contribution in [0.5, 0.6) is 0 Å². The summed E-state index contributed by atoms with van der Waals surface area (Å²) in [5, 5.41) is 0. The number of anilines is 1. The molecule has 6 heteroatoms. The Morgan fingerprint density at radius 1 is 0.839 bits per heavy atom. The molecule has 1 amide bonds. The summed E-state index contributed by atoms with van der Waals surface area (Å²) < 4.78 is 38.4. The van der Waals surface area contributed by atoms with E-state index in [1.54, 1.807) is 36.4 Å². The SMILES string of the molecule is Cc1ccc(N(CCc2ccc(C(F)(F)F)cc2)C(=O)C(=O)c2ccccc2)cc1C. The number of carbonyl (C=O) groups excluding carboxylic acids is 2. The van der Waals surface area contributed by atoms with Gasteiger partial charge < -0.3 is 4.90 Å². The summed E-state index contributed by atoms with van der Waals surface area (Å²) in [5.74, 6) is -1.31. The number of ketones is 1. The number of amides is 1. The second-order valence-corrected chi connectivity index (χ2v) is 7.37. The van der Waals surface area contributed by atoms with Gasteiger partial charge in [-0.15, -0.1) is 0 Å². The molecule has 3 rings (SSSR count). The summed E-state index contributed by atoms with van der Waals surface area (Å²) in [4.78, 5) is 27.2. The predicted molar refractivity (Wildman–Crippen MR) is 114 cm³/mol. The molecule has 3 aromatic carbocycles. The Kier molecular flexibility index (Phi) is 6.59. The van der Waals surface area contributed by atoms with Crippen LogP contribution < -0.4 is 4.90 Å². The number of benzene rings is 3. The molecule has 0 aliphatic heterocycles. The summed E-state index contributed by atoms with van der Waals surface area (Å²) in [7, 11) is 0. The van der Waals surface area contributed by atoms with Gasteiger partial charge in [-0.2, -0.15) is 13.2 Å². The monoisotopic (exact) mass is 425 g/mol. The van der Waals surface area contributed by atoms with Crippen LogP contribution in [0.1, 0.15) is 32.6 Å². The van der Waals surface area contributed by atoms with Gasteiger partial charge in [-0.3, -0.25) is 9.59 Å². The normalized spacial score (nSPS) is 11.3. The van der Waals surface area contributed by atoms with Crippen molar-refractivity contribution in [3.63, 3.8) is 0 Å². The summed E-state index contributed by atoms with van der Waals surface area (Å²) in [5.41, 5.74) is 2.80. The van der Waals surface area contributed by atoms with Gasteiger partial charge in [-0.25, -0.2) is 0 Å². The van der Waals surface area contributed by atoms with E-state index >= 15 is 0 Å². The lowest BCUT2D eigenvalue weighted by molar-refractivity contribution is -0.137. The topological polar surface area (TPSA) is 37.4 Å². The van der Waals surface area contributed by atoms with Gasteiger partial charge in [-0.05, 0) is 61.2 Å².